The van der Waals surface area contributed by atoms with Gasteiger partial charge in [-0.1, -0.05) is 37.3 Å². The molecule has 0 unspecified atom stereocenters. The molecule has 0 saturated heterocycles. The first-order valence-corrected chi connectivity index (χ1v) is 15.2. The number of amides is 3. The molecule has 10 nitrogen and oxygen atoms in total. The molecule has 1 aliphatic heterocycles. The quantitative estimate of drug-likeness (QED) is 0.336. The van der Waals surface area contributed by atoms with Crippen LogP contribution in [0.4, 0.5) is 5.69 Å². The van der Waals surface area contributed by atoms with Crippen molar-refractivity contribution in [2.24, 2.45) is 0 Å². The number of nitrogens with one attached hydrogen (secondary N) is 3. The lowest BCUT2D eigenvalue weighted by Crippen LogP contribution is -2.52. The third-order valence-corrected chi connectivity index (χ3v) is 8.74. The van der Waals surface area contributed by atoms with Crippen LogP contribution in [0.5, 0.6) is 5.75 Å². The number of rotatable bonds is 10. The van der Waals surface area contributed by atoms with Crippen molar-refractivity contribution in [3.05, 3.63) is 71.3 Å². The van der Waals surface area contributed by atoms with Gasteiger partial charge in [0, 0.05) is 16.8 Å². The Morgan fingerprint density at radius 3 is 2.59 bits per heavy atom. The zero-order chi connectivity index (χ0) is 29.7. The molecule has 3 aromatic rings. The van der Waals surface area contributed by atoms with Crippen LogP contribution in [0.15, 0.2) is 54.6 Å². The normalized spacial score (nSPS) is 16.0. The maximum Gasteiger partial charge on any atom is 0.264 e. The number of sulfonamides is 1. The van der Waals surface area contributed by atoms with E-state index in [1.165, 1.54) is 0 Å². The maximum atomic E-state index is 14.0. The van der Waals surface area contributed by atoms with Gasteiger partial charge >= 0.3 is 0 Å². The lowest BCUT2D eigenvalue weighted by Gasteiger charge is -2.28. The Hall–Kier alpha value is -3.96. The van der Waals surface area contributed by atoms with E-state index in [9.17, 15) is 22.8 Å². The summed E-state index contributed by atoms with van der Waals surface area (Å²) in [5.74, 6) is -0.786. The number of aryl methyl sites for hydroxylation is 1. The van der Waals surface area contributed by atoms with Gasteiger partial charge in [0.15, 0.2) is 0 Å². The average Bonchev–Trinajstić information content (AvgIpc) is 3.08. The highest BCUT2D eigenvalue weighted by molar-refractivity contribution is 7.90. The minimum absolute atomic E-state index is 0.145. The van der Waals surface area contributed by atoms with Crippen LogP contribution in [0.2, 0.25) is 0 Å². The Kier molecular flexibility index (Phi) is 9.29. The van der Waals surface area contributed by atoms with Crippen LogP contribution in [0, 0.1) is 0 Å². The van der Waals surface area contributed by atoms with Crippen LogP contribution < -0.4 is 25.0 Å². The van der Waals surface area contributed by atoms with Crippen molar-refractivity contribution >= 4 is 44.2 Å². The molecule has 0 bridgehead atoms. The summed E-state index contributed by atoms with van der Waals surface area (Å²) in [6.45, 7) is 3.61. The molecule has 4 rings (SSSR count). The summed E-state index contributed by atoms with van der Waals surface area (Å²) >= 11 is 0. The molecule has 0 radical (unpaired) electrons. The number of benzene rings is 3. The second-order valence-corrected chi connectivity index (χ2v) is 11.9. The number of carbonyl (C=O) groups excluding carboxylic acids is 3. The van der Waals surface area contributed by atoms with E-state index in [1.54, 1.807) is 63.2 Å². The minimum atomic E-state index is -3.73. The highest BCUT2D eigenvalue weighted by Gasteiger charge is 2.33. The van der Waals surface area contributed by atoms with E-state index in [0.717, 1.165) is 16.6 Å². The van der Waals surface area contributed by atoms with E-state index < -0.39 is 28.0 Å². The fourth-order valence-electron chi connectivity index (χ4n) is 4.99. The molecular formula is C30H36N4O6S. The third kappa shape index (κ3) is 6.68. The standard InChI is InChI=1S/C30H36N4O6S/c1-5-16-41(38,39)33-29(36)22-10-13-23-21(17-22)12-15-27(40-4)24(23)18-34-26-9-7-6-8-20(26)11-14-25(30(34)37)32-28(35)19(2)31-3/h6-10,12-13,15,17,19,25,31H,5,11,14,16,18H2,1-4H3,(H,32,35)(H,33,36)/t19-,25-/m0/s1. The fraction of sp³-hybridized carbons (Fsp3) is 0.367. The van der Waals surface area contributed by atoms with Crippen LogP contribution in [-0.4, -0.2) is 58.1 Å². The predicted octanol–water partition coefficient (Wildman–Crippen LogP) is 2.89. The molecule has 11 heteroatoms. The maximum absolute atomic E-state index is 14.0. The van der Waals surface area contributed by atoms with E-state index in [2.05, 4.69) is 15.4 Å². The Morgan fingerprint density at radius 1 is 1.12 bits per heavy atom. The molecule has 1 aliphatic rings. The van der Waals surface area contributed by atoms with Gasteiger partial charge in [0.25, 0.3) is 5.91 Å². The summed E-state index contributed by atoms with van der Waals surface area (Å²) in [5.41, 5.74) is 2.66. The van der Waals surface area contributed by atoms with Crippen molar-refractivity contribution in [1.29, 1.82) is 0 Å². The molecule has 2 atom stereocenters. The topological polar surface area (TPSA) is 134 Å². The van der Waals surface area contributed by atoms with E-state index in [4.69, 9.17) is 4.74 Å². The van der Waals surface area contributed by atoms with Gasteiger partial charge in [0.05, 0.1) is 25.4 Å². The van der Waals surface area contributed by atoms with Crippen molar-refractivity contribution < 1.29 is 27.5 Å². The number of carbonyl (C=O) groups is 3. The van der Waals surface area contributed by atoms with Gasteiger partial charge in [-0.2, -0.15) is 0 Å². The first kappa shape index (κ1) is 30.0. The number of nitrogens with zero attached hydrogens (tertiary/aromatic N) is 1. The van der Waals surface area contributed by atoms with Crippen molar-refractivity contribution in [2.75, 3.05) is 24.8 Å². The van der Waals surface area contributed by atoms with E-state index in [-0.39, 0.29) is 29.7 Å². The molecular weight excluding hydrogens is 544 g/mol. The third-order valence-electron chi connectivity index (χ3n) is 7.30. The van der Waals surface area contributed by atoms with E-state index in [1.807, 2.05) is 24.3 Å². The smallest absolute Gasteiger partial charge is 0.264 e. The number of para-hydroxylation sites is 1. The number of likely N-dealkylation sites (N-methyl/N-ethyl adjacent to an activating group) is 1. The highest BCUT2D eigenvalue weighted by Crippen LogP contribution is 2.34. The number of hydrogen-bond donors (Lipinski definition) is 3. The number of methoxy groups -OCH3 is 1. The van der Waals surface area contributed by atoms with Gasteiger partial charge in [-0.15, -0.1) is 0 Å². The second kappa shape index (κ2) is 12.7. The number of hydrogen-bond acceptors (Lipinski definition) is 7. The first-order valence-electron chi connectivity index (χ1n) is 13.6. The summed E-state index contributed by atoms with van der Waals surface area (Å²) < 4.78 is 32.1. The fourth-order valence-corrected chi connectivity index (χ4v) is 6.03. The van der Waals surface area contributed by atoms with Crippen molar-refractivity contribution in [3.8, 4) is 5.75 Å². The molecule has 3 aromatic carbocycles. The van der Waals surface area contributed by atoms with Gasteiger partial charge < -0.3 is 20.3 Å². The van der Waals surface area contributed by atoms with Crippen molar-refractivity contribution in [2.45, 2.75) is 51.7 Å². The lowest BCUT2D eigenvalue weighted by atomic mass is 10.00. The Balaban J connectivity index is 1.73. The molecule has 0 fully saturated rings. The number of fused-ring (bicyclic) bond motifs is 2. The second-order valence-electron chi connectivity index (χ2n) is 10.1. The van der Waals surface area contributed by atoms with Gasteiger partial charge in [0.1, 0.15) is 11.8 Å². The largest absolute Gasteiger partial charge is 0.496 e. The molecule has 1 heterocycles. The Morgan fingerprint density at radius 2 is 1.88 bits per heavy atom. The predicted molar refractivity (Wildman–Crippen MR) is 158 cm³/mol. The number of anilines is 1. The van der Waals surface area contributed by atoms with Gasteiger partial charge in [-0.05, 0) is 73.8 Å². The first-order chi connectivity index (χ1) is 19.6. The summed E-state index contributed by atoms with van der Waals surface area (Å²) in [7, 11) is -0.492. The Bertz CT molecular complexity index is 1570. The van der Waals surface area contributed by atoms with E-state index in [0.29, 0.717) is 36.0 Å². The minimum Gasteiger partial charge on any atom is -0.496 e. The molecule has 3 N–H and O–H groups in total. The van der Waals surface area contributed by atoms with Gasteiger partial charge in [0.2, 0.25) is 21.8 Å². The SMILES string of the molecule is CCCS(=O)(=O)NC(=O)c1ccc2c(CN3C(=O)[C@@H](NC(=O)[C@H](C)NC)CCc4ccccc43)c(OC)ccc2c1. The zero-order valence-corrected chi connectivity index (χ0v) is 24.5. The monoisotopic (exact) mass is 580 g/mol. The summed E-state index contributed by atoms with van der Waals surface area (Å²) in [5, 5.41) is 7.24. The zero-order valence-electron chi connectivity index (χ0n) is 23.7. The molecule has 41 heavy (non-hydrogen) atoms. The molecule has 0 spiro atoms. The van der Waals surface area contributed by atoms with Crippen LogP contribution in [0.1, 0.15) is 48.2 Å². The summed E-state index contributed by atoms with van der Waals surface area (Å²) in [6, 6.07) is 15.0. The Labute approximate surface area is 240 Å². The molecule has 0 aliphatic carbocycles. The van der Waals surface area contributed by atoms with E-state index >= 15 is 0 Å². The molecule has 3 amide bonds. The molecule has 0 aromatic heterocycles. The van der Waals surface area contributed by atoms with Crippen LogP contribution in [0.25, 0.3) is 10.8 Å². The van der Waals surface area contributed by atoms with Crippen LogP contribution >= 0.6 is 0 Å². The van der Waals surface area contributed by atoms with Gasteiger partial charge in [-0.25, -0.2) is 13.1 Å². The van der Waals surface area contributed by atoms with Crippen LogP contribution in [-0.2, 0) is 32.6 Å². The molecule has 0 saturated carbocycles. The van der Waals surface area contributed by atoms with Crippen LogP contribution in [0.3, 0.4) is 0 Å². The average molecular weight is 581 g/mol. The van der Waals surface area contributed by atoms with Crippen molar-refractivity contribution in [3.63, 3.8) is 0 Å². The van der Waals surface area contributed by atoms with Crippen molar-refractivity contribution in [1.82, 2.24) is 15.4 Å². The summed E-state index contributed by atoms with van der Waals surface area (Å²) in [4.78, 5) is 41.0. The number of ether oxygens (including phenoxy) is 1. The molecule has 218 valence electrons. The summed E-state index contributed by atoms with van der Waals surface area (Å²) in [6.07, 6.45) is 1.46. The lowest BCUT2D eigenvalue weighted by molar-refractivity contribution is -0.128. The van der Waals surface area contributed by atoms with Gasteiger partial charge in [-0.3, -0.25) is 14.4 Å². The highest BCUT2D eigenvalue weighted by atomic mass is 32.2.